The zero-order valence-electron chi connectivity index (χ0n) is 11.0. The van der Waals surface area contributed by atoms with Crippen LogP contribution in [-0.4, -0.2) is 12.6 Å². The van der Waals surface area contributed by atoms with Gasteiger partial charge in [0.1, 0.15) is 5.75 Å². The highest BCUT2D eigenvalue weighted by molar-refractivity contribution is 9.10. The maximum atomic E-state index is 6.22. The number of rotatable bonds is 4. The Kier molecular flexibility index (Phi) is 5.07. The van der Waals surface area contributed by atoms with Gasteiger partial charge in [-0.2, -0.15) is 0 Å². The third-order valence-electron chi connectivity index (χ3n) is 3.71. The molecule has 0 spiro atoms. The first-order chi connectivity index (χ1) is 8.70. The van der Waals surface area contributed by atoms with Gasteiger partial charge in [0.15, 0.2) is 0 Å². The quantitative estimate of drug-likeness (QED) is 0.915. The van der Waals surface area contributed by atoms with E-state index in [4.69, 9.17) is 10.5 Å². The molecule has 0 radical (unpaired) electrons. The van der Waals surface area contributed by atoms with Crippen LogP contribution in [-0.2, 0) is 6.42 Å². The van der Waals surface area contributed by atoms with Gasteiger partial charge in [-0.1, -0.05) is 19.1 Å². The molecule has 1 aromatic rings. The zero-order valence-corrected chi connectivity index (χ0v) is 12.6. The van der Waals surface area contributed by atoms with Crippen LogP contribution in [0.25, 0.3) is 0 Å². The Morgan fingerprint density at radius 3 is 2.67 bits per heavy atom. The highest BCUT2D eigenvalue weighted by atomic mass is 79.9. The Balaban J connectivity index is 2.07. The van der Waals surface area contributed by atoms with Gasteiger partial charge in [-0.05, 0) is 72.1 Å². The van der Waals surface area contributed by atoms with Gasteiger partial charge in [0.2, 0.25) is 0 Å². The highest BCUT2D eigenvalue weighted by Gasteiger charge is 2.21. The Bertz CT molecular complexity index is 386. The minimum absolute atomic E-state index is 0.372. The summed E-state index contributed by atoms with van der Waals surface area (Å²) in [5, 5.41) is 0. The first-order valence-electron chi connectivity index (χ1n) is 6.84. The summed E-state index contributed by atoms with van der Waals surface area (Å²) in [6, 6.07) is 6.20. The highest BCUT2D eigenvalue weighted by Crippen LogP contribution is 2.33. The molecule has 100 valence electrons. The van der Waals surface area contributed by atoms with Crippen LogP contribution in [0.5, 0.6) is 5.75 Å². The summed E-state index contributed by atoms with van der Waals surface area (Å²) in [4.78, 5) is 0. The van der Waals surface area contributed by atoms with Crippen LogP contribution in [0.4, 0.5) is 0 Å². The number of benzene rings is 1. The van der Waals surface area contributed by atoms with Crippen molar-refractivity contribution in [2.24, 2.45) is 11.7 Å². The number of nitrogens with two attached hydrogens (primary N) is 1. The summed E-state index contributed by atoms with van der Waals surface area (Å²) in [6.45, 7) is 2.99. The molecule has 1 aromatic carbocycles. The molecule has 0 saturated heterocycles. The molecule has 2 nitrogen and oxygen atoms in total. The fourth-order valence-corrected chi connectivity index (χ4v) is 3.05. The van der Waals surface area contributed by atoms with Gasteiger partial charge >= 0.3 is 0 Å². The van der Waals surface area contributed by atoms with Gasteiger partial charge < -0.3 is 10.5 Å². The summed E-state index contributed by atoms with van der Waals surface area (Å²) in [5.41, 5.74) is 6.87. The van der Waals surface area contributed by atoms with E-state index >= 15 is 0 Å². The van der Waals surface area contributed by atoms with Gasteiger partial charge in [0.05, 0.1) is 10.6 Å². The molecular weight excluding hydrogens is 290 g/mol. The SMILES string of the molecule is CC1CCC(Oc2c(Br)cccc2CCN)CC1. The molecule has 1 fully saturated rings. The number of hydrogen-bond donors (Lipinski definition) is 1. The predicted molar refractivity (Wildman–Crippen MR) is 78.9 cm³/mol. The number of ether oxygens (including phenoxy) is 1. The molecule has 18 heavy (non-hydrogen) atoms. The van der Waals surface area contributed by atoms with Gasteiger partial charge in [-0.3, -0.25) is 0 Å². The van der Waals surface area contributed by atoms with E-state index in [1.165, 1.54) is 31.2 Å². The Morgan fingerprint density at radius 2 is 2.00 bits per heavy atom. The summed E-state index contributed by atoms with van der Waals surface area (Å²) >= 11 is 3.59. The Labute approximate surface area is 118 Å². The van der Waals surface area contributed by atoms with Gasteiger partial charge in [-0.15, -0.1) is 0 Å². The minimum atomic E-state index is 0.372. The van der Waals surface area contributed by atoms with Crippen molar-refractivity contribution in [3.05, 3.63) is 28.2 Å². The van der Waals surface area contributed by atoms with Gasteiger partial charge in [0.25, 0.3) is 0 Å². The number of halogens is 1. The second-order valence-corrected chi connectivity index (χ2v) is 6.12. The fraction of sp³-hybridized carbons (Fsp3) is 0.600. The number of para-hydroxylation sites is 1. The third kappa shape index (κ3) is 3.48. The topological polar surface area (TPSA) is 35.2 Å². The first-order valence-corrected chi connectivity index (χ1v) is 7.64. The average Bonchev–Trinajstić information content (AvgIpc) is 2.36. The smallest absolute Gasteiger partial charge is 0.137 e. The zero-order chi connectivity index (χ0) is 13.0. The second kappa shape index (κ2) is 6.58. The van der Waals surface area contributed by atoms with E-state index in [1.807, 2.05) is 12.1 Å². The lowest BCUT2D eigenvalue weighted by Crippen LogP contribution is -2.23. The minimum Gasteiger partial charge on any atom is -0.489 e. The molecule has 1 aliphatic rings. The van der Waals surface area contributed by atoms with Crippen LogP contribution in [0, 0.1) is 5.92 Å². The molecule has 3 heteroatoms. The van der Waals surface area contributed by atoms with Gasteiger partial charge in [0, 0.05) is 0 Å². The van der Waals surface area contributed by atoms with Crippen molar-refractivity contribution in [2.45, 2.75) is 45.1 Å². The molecular formula is C15H22BrNO. The van der Waals surface area contributed by atoms with Crippen molar-refractivity contribution >= 4 is 15.9 Å². The van der Waals surface area contributed by atoms with Crippen molar-refractivity contribution in [3.63, 3.8) is 0 Å². The monoisotopic (exact) mass is 311 g/mol. The maximum absolute atomic E-state index is 6.22. The van der Waals surface area contributed by atoms with Crippen molar-refractivity contribution in [1.29, 1.82) is 0 Å². The van der Waals surface area contributed by atoms with E-state index in [0.717, 1.165) is 22.6 Å². The largest absolute Gasteiger partial charge is 0.489 e. The van der Waals surface area contributed by atoms with E-state index in [1.54, 1.807) is 0 Å². The van der Waals surface area contributed by atoms with Gasteiger partial charge in [-0.25, -0.2) is 0 Å². The first kappa shape index (κ1) is 13.9. The van der Waals surface area contributed by atoms with Crippen molar-refractivity contribution in [1.82, 2.24) is 0 Å². The molecule has 1 saturated carbocycles. The molecule has 0 unspecified atom stereocenters. The van der Waals surface area contributed by atoms with Crippen molar-refractivity contribution < 1.29 is 4.74 Å². The molecule has 0 aromatic heterocycles. The summed E-state index contributed by atoms with van der Waals surface area (Å²) in [7, 11) is 0. The van der Waals surface area contributed by atoms with Crippen LogP contribution in [0.3, 0.4) is 0 Å². The van der Waals surface area contributed by atoms with Crippen LogP contribution in [0.15, 0.2) is 22.7 Å². The Morgan fingerprint density at radius 1 is 1.28 bits per heavy atom. The molecule has 0 atom stereocenters. The Hall–Kier alpha value is -0.540. The molecule has 2 N–H and O–H groups in total. The maximum Gasteiger partial charge on any atom is 0.137 e. The lowest BCUT2D eigenvalue weighted by molar-refractivity contribution is 0.133. The van der Waals surface area contributed by atoms with E-state index < -0.39 is 0 Å². The average molecular weight is 312 g/mol. The third-order valence-corrected chi connectivity index (χ3v) is 4.33. The lowest BCUT2D eigenvalue weighted by atomic mass is 9.89. The summed E-state index contributed by atoms with van der Waals surface area (Å²) in [6.07, 6.45) is 6.15. The molecule has 1 aliphatic carbocycles. The molecule has 0 heterocycles. The van der Waals surface area contributed by atoms with Crippen LogP contribution < -0.4 is 10.5 Å². The van der Waals surface area contributed by atoms with Crippen molar-refractivity contribution in [3.8, 4) is 5.75 Å². The van der Waals surface area contributed by atoms with E-state index in [2.05, 4.69) is 28.9 Å². The second-order valence-electron chi connectivity index (χ2n) is 5.27. The molecule has 2 rings (SSSR count). The summed E-state index contributed by atoms with van der Waals surface area (Å²) < 4.78 is 7.26. The molecule has 0 bridgehead atoms. The predicted octanol–water partition coefficient (Wildman–Crippen LogP) is 3.91. The van der Waals surface area contributed by atoms with Crippen LogP contribution >= 0.6 is 15.9 Å². The standard InChI is InChI=1S/C15H22BrNO/c1-11-5-7-13(8-6-11)18-15-12(9-10-17)3-2-4-14(15)16/h2-4,11,13H,5-10,17H2,1H3. The normalized spacial score (nSPS) is 23.9. The molecule has 0 aliphatic heterocycles. The van der Waals surface area contributed by atoms with Crippen molar-refractivity contribution in [2.75, 3.05) is 6.54 Å². The van der Waals surface area contributed by atoms with E-state index in [0.29, 0.717) is 12.6 Å². The van der Waals surface area contributed by atoms with E-state index in [9.17, 15) is 0 Å². The van der Waals surface area contributed by atoms with Crippen LogP contribution in [0.1, 0.15) is 38.2 Å². The van der Waals surface area contributed by atoms with E-state index in [-0.39, 0.29) is 0 Å². The summed E-state index contributed by atoms with van der Waals surface area (Å²) in [5.74, 6) is 1.86. The van der Waals surface area contributed by atoms with Crippen LogP contribution in [0.2, 0.25) is 0 Å². The lowest BCUT2D eigenvalue weighted by Gasteiger charge is -2.28. The molecule has 0 amide bonds. The number of hydrogen-bond acceptors (Lipinski definition) is 2. The fourth-order valence-electron chi connectivity index (χ4n) is 2.55.